The number of fused-ring (bicyclic) bond motifs is 1. The number of carbonyl (C=O) groups excluding carboxylic acids is 1. The Balaban J connectivity index is 1.53. The monoisotopic (exact) mass is 371 g/mol. The first-order valence-corrected chi connectivity index (χ1v) is 8.61. The zero-order valence-electron chi connectivity index (χ0n) is 15.1. The third kappa shape index (κ3) is 3.88. The van der Waals surface area contributed by atoms with Crippen molar-refractivity contribution in [1.29, 1.82) is 0 Å². The number of aromatic nitrogens is 3. The number of pyridine rings is 1. The van der Waals surface area contributed by atoms with Crippen LogP contribution >= 0.6 is 0 Å². The lowest BCUT2D eigenvalue weighted by Gasteiger charge is -2.09. The number of ether oxygens (including phenoxy) is 1. The lowest BCUT2D eigenvalue weighted by molar-refractivity contribution is 0.0601. The maximum absolute atomic E-state index is 11.7. The SMILES string of the molecule is COC(=O)c1cccc(Nc2nccc(Nc3cnc4ccccc4c3)n2)c1. The van der Waals surface area contributed by atoms with Crippen LogP contribution in [0.4, 0.5) is 23.1 Å². The molecule has 7 heteroatoms. The summed E-state index contributed by atoms with van der Waals surface area (Å²) in [6, 6.07) is 18.6. The smallest absolute Gasteiger partial charge is 0.337 e. The quantitative estimate of drug-likeness (QED) is 0.506. The average Bonchev–Trinajstić information content (AvgIpc) is 2.73. The van der Waals surface area contributed by atoms with Gasteiger partial charge >= 0.3 is 5.97 Å². The van der Waals surface area contributed by atoms with E-state index in [1.807, 2.05) is 36.4 Å². The first kappa shape index (κ1) is 17.4. The van der Waals surface area contributed by atoms with Crippen molar-refractivity contribution in [2.24, 2.45) is 0 Å². The molecule has 0 fully saturated rings. The number of benzene rings is 2. The van der Waals surface area contributed by atoms with E-state index in [9.17, 15) is 4.79 Å². The van der Waals surface area contributed by atoms with Crippen LogP contribution in [0.5, 0.6) is 0 Å². The Bertz CT molecular complexity index is 1150. The van der Waals surface area contributed by atoms with E-state index in [4.69, 9.17) is 4.74 Å². The zero-order valence-corrected chi connectivity index (χ0v) is 15.1. The molecular weight excluding hydrogens is 354 g/mol. The Labute approximate surface area is 161 Å². The first-order chi connectivity index (χ1) is 13.7. The molecule has 0 bridgehead atoms. The summed E-state index contributed by atoms with van der Waals surface area (Å²) in [7, 11) is 1.35. The van der Waals surface area contributed by atoms with Gasteiger partial charge in [0.25, 0.3) is 0 Å². The van der Waals surface area contributed by atoms with Crippen molar-refractivity contribution in [1.82, 2.24) is 15.0 Å². The molecule has 0 unspecified atom stereocenters. The van der Waals surface area contributed by atoms with Gasteiger partial charge in [0.2, 0.25) is 5.95 Å². The molecule has 2 heterocycles. The van der Waals surface area contributed by atoms with Crippen molar-refractivity contribution in [2.75, 3.05) is 17.7 Å². The number of nitrogens with zero attached hydrogens (tertiary/aromatic N) is 3. The van der Waals surface area contributed by atoms with Gasteiger partial charge in [-0.2, -0.15) is 4.98 Å². The molecule has 4 rings (SSSR count). The highest BCUT2D eigenvalue weighted by molar-refractivity contribution is 5.90. The van der Waals surface area contributed by atoms with E-state index in [2.05, 4.69) is 25.6 Å². The fourth-order valence-electron chi connectivity index (χ4n) is 2.75. The number of para-hydroxylation sites is 1. The van der Waals surface area contributed by atoms with Crippen LogP contribution < -0.4 is 10.6 Å². The number of anilines is 4. The molecule has 2 aromatic carbocycles. The third-order valence-corrected chi connectivity index (χ3v) is 4.06. The maximum atomic E-state index is 11.7. The number of carbonyl (C=O) groups is 1. The number of rotatable bonds is 5. The second kappa shape index (κ2) is 7.71. The summed E-state index contributed by atoms with van der Waals surface area (Å²) >= 11 is 0. The van der Waals surface area contributed by atoms with E-state index in [1.165, 1.54) is 7.11 Å². The third-order valence-electron chi connectivity index (χ3n) is 4.06. The van der Waals surface area contributed by atoms with Gasteiger partial charge in [0.05, 0.1) is 30.1 Å². The van der Waals surface area contributed by atoms with Crippen molar-refractivity contribution in [3.05, 3.63) is 78.6 Å². The number of nitrogens with one attached hydrogen (secondary N) is 2. The standard InChI is InChI=1S/C21H17N5O2/c1-28-20(27)15-6-4-7-16(12-15)25-21-22-10-9-19(26-21)24-17-11-14-5-2-3-8-18(14)23-13-17/h2-13H,1H3,(H2,22,24,25,26). The first-order valence-electron chi connectivity index (χ1n) is 8.61. The van der Waals surface area contributed by atoms with Crippen molar-refractivity contribution < 1.29 is 9.53 Å². The Kier molecular flexibility index (Phi) is 4.79. The molecule has 0 saturated heterocycles. The van der Waals surface area contributed by atoms with Crippen LogP contribution in [0.2, 0.25) is 0 Å². The lowest BCUT2D eigenvalue weighted by atomic mass is 10.2. The molecule has 4 aromatic rings. The summed E-state index contributed by atoms with van der Waals surface area (Å²) in [5.41, 5.74) is 2.90. The van der Waals surface area contributed by atoms with E-state index < -0.39 is 5.97 Å². The van der Waals surface area contributed by atoms with Crippen molar-refractivity contribution >= 4 is 40.0 Å². The molecule has 2 aromatic heterocycles. The predicted octanol–water partition coefficient (Wildman–Crippen LogP) is 4.30. The van der Waals surface area contributed by atoms with Gasteiger partial charge in [-0.15, -0.1) is 0 Å². The maximum Gasteiger partial charge on any atom is 0.337 e. The Morgan fingerprint density at radius 1 is 0.929 bits per heavy atom. The highest BCUT2D eigenvalue weighted by Crippen LogP contribution is 2.21. The minimum Gasteiger partial charge on any atom is -0.465 e. The summed E-state index contributed by atoms with van der Waals surface area (Å²) < 4.78 is 4.74. The normalized spacial score (nSPS) is 10.5. The number of methoxy groups -OCH3 is 1. The number of hydrogen-bond acceptors (Lipinski definition) is 7. The van der Waals surface area contributed by atoms with Crippen LogP contribution in [0, 0.1) is 0 Å². The van der Waals surface area contributed by atoms with Gasteiger partial charge in [-0.1, -0.05) is 24.3 Å². The molecule has 28 heavy (non-hydrogen) atoms. The van der Waals surface area contributed by atoms with Crippen LogP contribution in [0.25, 0.3) is 10.9 Å². The van der Waals surface area contributed by atoms with Gasteiger partial charge in [0.15, 0.2) is 0 Å². The van der Waals surface area contributed by atoms with Gasteiger partial charge in [0.1, 0.15) is 5.82 Å². The van der Waals surface area contributed by atoms with Crippen LogP contribution in [-0.4, -0.2) is 28.0 Å². The van der Waals surface area contributed by atoms with E-state index in [1.54, 1.807) is 36.7 Å². The van der Waals surface area contributed by atoms with E-state index in [0.29, 0.717) is 23.0 Å². The molecule has 0 atom stereocenters. The molecule has 0 spiro atoms. The molecular formula is C21H17N5O2. The number of esters is 1. The van der Waals surface area contributed by atoms with Gasteiger partial charge in [-0.05, 0) is 36.4 Å². The summed E-state index contributed by atoms with van der Waals surface area (Å²) in [5.74, 6) is 0.628. The van der Waals surface area contributed by atoms with E-state index in [-0.39, 0.29) is 0 Å². The minimum atomic E-state index is -0.399. The van der Waals surface area contributed by atoms with Crippen LogP contribution in [0.15, 0.2) is 73.1 Å². The fraction of sp³-hybridized carbons (Fsp3) is 0.0476. The highest BCUT2D eigenvalue weighted by atomic mass is 16.5. The van der Waals surface area contributed by atoms with Gasteiger partial charge in [-0.25, -0.2) is 9.78 Å². The lowest BCUT2D eigenvalue weighted by Crippen LogP contribution is -2.03. The second-order valence-electron chi connectivity index (χ2n) is 6.00. The fourth-order valence-corrected chi connectivity index (χ4v) is 2.75. The van der Waals surface area contributed by atoms with Crippen molar-refractivity contribution in [2.45, 2.75) is 0 Å². The van der Waals surface area contributed by atoms with Gasteiger partial charge < -0.3 is 15.4 Å². The molecule has 0 saturated carbocycles. The van der Waals surface area contributed by atoms with Crippen molar-refractivity contribution in [3.8, 4) is 0 Å². The molecule has 2 N–H and O–H groups in total. The molecule has 0 aliphatic heterocycles. The van der Waals surface area contributed by atoms with E-state index in [0.717, 1.165) is 16.6 Å². The molecule has 7 nitrogen and oxygen atoms in total. The zero-order chi connectivity index (χ0) is 19.3. The summed E-state index contributed by atoms with van der Waals surface area (Å²) in [6.07, 6.45) is 3.41. The van der Waals surface area contributed by atoms with Crippen LogP contribution in [0.3, 0.4) is 0 Å². The Morgan fingerprint density at radius 3 is 2.71 bits per heavy atom. The van der Waals surface area contributed by atoms with Crippen LogP contribution in [-0.2, 0) is 4.74 Å². The summed E-state index contributed by atoms with van der Waals surface area (Å²) in [4.78, 5) is 24.8. The Morgan fingerprint density at radius 2 is 1.82 bits per heavy atom. The topological polar surface area (TPSA) is 89.0 Å². The average molecular weight is 371 g/mol. The van der Waals surface area contributed by atoms with Gasteiger partial charge in [-0.3, -0.25) is 4.98 Å². The molecule has 0 radical (unpaired) electrons. The summed E-state index contributed by atoms with van der Waals surface area (Å²) in [6.45, 7) is 0. The largest absolute Gasteiger partial charge is 0.465 e. The highest BCUT2D eigenvalue weighted by Gasteiger charge is 2.07. The molecule has 0 amide bonds. The van der Waals surface area contributed by atoms with Gasteiger partial charge in [0, 0.05) is 17.3 Å². The molecule has 0 aliphatic rings. The summed E-state index contributed by atoms with van der Waals surface area (Å²) in [5, 5.41) is 7.37. The van der Waals surface area contributed by atoms with E-state index >= 15 is 0 Å². The predicted molar refractivity (Wildman–Crippen MR) is 108 cm³/mol. The Hall–Kier alpha value is -4.00. The number of hydrogen-bond donors (Lipinski definition) is 2. The molecule has 0 aliphatic carbocycles. The minimum absolute atomic E-state index is 0.399. The molecule has 138 valence electrons. The van der Waals surface area contributed by atoms with Crippen LogP contribution in [0.1, 0.15) is 10.4 Å². The van der Waals surface area contributed by atoms with Crippen molar-refractivity contribution in [3.63, 3.8) is 0 Å². The second-order valence-corrected chi connectivity index (χ2v) is 6.00.